The Kier molecular flexibility index (Phi) is 37.7. The van der Waals surface area contributed by atoms with Crippen molar-refractivity contribution in [3.05, 3.63) is 0 Å². The van der Waals surface area contributed by atoms with Crippen molar-refractivity contribution >= 4 is 35.3 Å². The monoisotopic (exact) mass is 509 g/mol. The Bertz CT molecular complexity index is 488. The number of rotatable bonds is 13. The van der Waals surface area contributed by atoms with Crippen LogP contribution >= 0.6 is 0 Å². The number of hydrogen-bond acceptors (Lipinski definition) is 10. The van der Waals surface area contributed by atoms with Crippen LogP contribution in [0.5, 0.6) is 0 Å². The normalized spacial score (nSPS) is 8.82. The van der Waals surface area contributed by atoms with Gasteiger partial charge in [0.05, 0.1) is 0 Å². The average Bonchev–Trinajstić information content (AvgIpc) is 2.62. The molecule has 10 nitrogen and oxygen atoms in total. The molecule has 0 amide bonds. The summed E-state index contributed by atoms with van der Waals surface area (Å²) in [5, 5.41) is 37.4. The van der Waals surface area contributed by atoms with Crippen molar-refractivity contribution in [3.63, 3.8) is 0 Å². The minimum Gasteiger partial charge on any atom is -0.550 e. The van der Waals surface area contributed by atoms with Gasteiger partial charge in [-0.25, -0.2) is 0 Å². The molecule has 0 saturated carbocycles. The Balaban J connectivity index is -0.000000107. The standard InChI is InChI=1S/3C6H10O3.C4H10O.Ti/c3*1-2-3-5(7)4-6(8)9;1-4(2)3-5;/h3*2-4H2,1H3,(H,8,9);4-5H,3H2,1-2H3;/q;;;;+3/p-3. The van der Waals surface area contributed by atoms with Gasteiger partial charge >= 0.3 is 21.7 Å². The second kappa shape index (κ2) is 30.1. The van der Waals surface area contributed by atoms with E-state index < -0.39 is 37.2 Å². The molecule has 0 saturated heterocycles. The number of carbonyl (C=O) groups excluding carboxylic acids is 6. The van der Waals surface area contributed by atoms with Crippen LogP contribution in [-0.4, -0.2) is 47.0 Å². The van der Waals surface area contributed by atoms with Crippen LogP contribution in [0.15, 0.2) is 0 Å². The third-order valence-electron chi connectivity index (χ3n) is 2.98. The van der Waals surface area contributed by atoms with Crippen molar-refractivity contribution in [2.24, 2.45) is 5.92 Å². The third kappa shape index (κ3) is 53.4. The molecule has 0 aromatic heterocycles. The van der Waals surface area contributed by atoms with Crippen LogP contribution in [0.3, 0.4) is 0 Å². The van der Waals surface area contributed by atoms with E-state index in [0.717, 1.165) is 0 Å². The molecule has 11 heteroatoms. The quantitative estimate of drug-likeness (QED) is 0.241. The van der Waals surface area contributed by atoms with Crippen LogP contribution < -0.4 is 15.3 Å². The summed E-state index contributed by atoms with van der Waals surface area (Å²) in [5.41, 5.74) is 0. The molecule has 0 atom stereocenters. The summed E-state index contributed by atoms with van der Waals surface area (Å²) in [7, 11) is 0. The molecular formula is C22H37O10Ti. The maximum absolute atomic E-state index is 10.4. The van der Waals surface area contributed by atoms with Gasteiger partial charge in [0, 0.05) is 63.0 Å². The maximum Gasteiger partial charge on any atom is 3.00 e. The molecule has 0 heterocycles. The zero-order chi connectivity index (χ0) is 26.1. The number of carboxylic acid groups (broad SMARTS) is 3. The van der Waals surface area contributed by atoms with E-state index in [0.29, 0.717) is 51.0 Å². The zero-order valence-corrected chi connectivity index (χ0v) is 21.8. The maximum atomic E-state index is 10.4. The van der Waals surface area contributed by atoms with Gasteiger partial charge in [-0.15, -0.1) is 0 Å². The smallest absolute Gasteiger partial charge is 0.550 e. The van der Waals surface area contributed by atoms with Gasteiger partial charge in [0.1, 0.15) is 17.3 Å². The number of carboxylic acids is 3. The van der Waals surface area contributed by atoms with Gasteiger partial charge in [-0.05, 0) is 25.2 Å². The number of ketones is 3. The number of carbonyl (C=O) groups is 6. The second-order valence-corrected chi connectivity index (χ2v) is 7.09. The average molecular weight is 509 g/mol. The van der Waals surface area contributed by atoms with Crippen LogP contribution in [0, 0.1) is 5.92 Å². The summed E-state index contributed by atoms with van der Waals surface area (Å²) in [5.74, 6) is -4.17. The van der Waals surface area contributed by atoms with Crippen LogP contribution in [0.1, 0.15) is 92.4 Å². The predicted octanol–water partition coefficient (Wildman–Crippen LogP) is -0.881. The van der Waals surface area contributed by atoms with E-state index in [-0.39, 0.29) is 39.1 Å². The largest absolute Gasteiger partial charge is 3.00 e. The molecule has 0 bridgehead atoms. The Morgan fingerprint density at radius 1 is 0.606 bits per heavy atom. The van der Waals surface area contributed by atoms with Crippen molar-refractivity contribution < 1.29 is 70.9 Å². The SMILES string of the molecule is CC(C)CO.CCCC(=O)CC(=O)[O-].CCCC(=O)CC(=O)[O-].CCCC(=O)CC(=O)[O-].[Ti+3]. The van der Waals surface area contributed by atoms with Gasteiger partial charge in [-0.3, -0.25) is 14.4 Å². The number of aliphatic hydroxyl groups excluding tert-OH is 1. The van der Waals surface area contributed by atoms with E-state index in [9.17, 15) is 44.1 Å². The molecule has 0 aromatic carbocycles. The van der Waals surface area contributed by atoms with Gasteiger partial charge in [0.15, 0.2) is 0 Å². The summed E-state index contributed by atoms with van der Waals surface area (Å²) < 4.78 is 0. The Morgan fingerprint density at radius 3 is 0.879 bits per heavy atom. The molecule has 0 rings (SSSR count). The van der Waals surface area contributed by atoms with Gasteiger partial charge < -0.3 is 34.8 Å². The number of Topliss-reactive ketones (excluding diaryl/α,β-unsaturated/α-hetero) is 3. The van der Waals surface area contributed by atoms with Crippen LogP contribution in [0.2, 0.25) is 0 Å². The van der Waals surface area contributed by atoms with E-state index in [2.05, 4.69) is 0 Å². The molecule has 0 unspecified atom stereocenters. The fraction of sp³-hybridized carbons (Fsp3) is 0.727. The number of aliphatic hydroxyl groups is 1. The van der Waals surface area contributed by atoms with Gasteiger partial charge in [0.25, 0.3) is 0 Å². The van der Waals surface area contributed by atoms with Crippen LogP contribution in [0.25, 0.3) is 0 Å². The number of aliphatic carboxylic acids is 3. The number of hydrogen-bond donors (Lipinski definition) is 1. The fourth-order valence-corrected chi connectivity index (χ4v) is 1.58. The van der Waals surface area contributed by atoms with E-state index >= 15 is 0 Å². The van der Waals surface area contributed by atoms with Crippen molar-refractivity contribution in [3.8, 4) is 0 Å². The van der Waals surface area contributed by atoms with E-state index in [1.807, 2.05) is 34.6 Å². The summed E-state index contributed by atoms with van der Waals surface area (Å²) >= 11 is 0. The van der Waals surface area contributed by atoms with E-state index in [1.54, 1.807) is 0 Å². The zero-order valence-electron chi connectivity index (χ0n) is 20.3. The summed E-state index contributed by atoms with van der Waals surface area (Å²) in [6.07, 6.45) is 1.82. The van der Waals surface area contributed by atoms with Crippen molar-refractivity contribution in [2.45, 2.75) is 92.4 Å². The van der Waals surface area contributed by atoms with Gasteiger partial charge in [-0.1, -0.05) is 34.6 Å². The first-order valence-corrected chi connectivity index (χ1v) is 10.5. The predicted molar refractivity (Wildman–Crippen MR) is 111 cm³/mol. The molecule has 0 aliphatic heterocycles. The molecule has 189 valence electrons. The summed E-state index contributed by atoms with van der Waals surface area (Å²) in [4.78, 5) is 60.6. The fourth-order valence-electron chi connectivity index (χ4n) is 1.58. The van der Waals surface area contributed by atoms with E-state index in [1.165, 1.54) is 0 Å². The first-order chi connectivity index (χ1) is 14.8. The van der Waals surface area contributed by atoms with E-state index in [4.69, 9.17) is 5.11 Å². The first kappa shape index (κ1) is 41.4. The van der Waals surface area contributed by atoms with Gasteiger partial charge in [0.2, 0.25) is 0 Å². The molecular weight excluding hydrogens is 472 g/mol. The minimum absolute atomic E-state index is 0. The van der Waals surface area contributed by atoms with Gasteiger partial charge in [-0.2, -0.15) is 0 Å². The Hall–Kier alpha value is -1.91. The molecule has 0 aromatic rings. The Morgan fingerprint density at radius 2 is 0.788 bits per heavy atom. The molecule has 1 radical (unpaired) electrons. The molecule has 33 heavy (non-hydrogen) atoms. The molecule has 0 spiro atoms. The van der Waals surface area contributed by atoms with Crippen molar-refractivity contribution in [1.29, 1.82) is 0 Å². The van der Waals surface area contributed by atoms with Crippen LogP contribution in [-0.2, 0) is 50.5 Å². The molecule has 0 aliphatic rings. The molecule has 0 aliphatic carbocycles. The first-order valence-electron chi connectivity index (χ1n) is 10.5. The topological polar surface area (TPSA) is 192 Å². The van der Waals surface area contributed by atoms with Crippen LogP contribution in [0.4, 0.5) is 0 Å². The molecule has 0 fully saturated rings. The minimum atomic E-state index is -1.28. The second-order valence-electron chi connectivity index (χ2n) is 7.09. The third-order valence-corrected chi connectivity index (χ3v) is 2.98. The Labute approximate surface area is 211 Å². The summed E-state index contributed by atoms with van der Waals surface area (Å²) in [6.45, 7) is 9.73. The van der Waals surface area contributed by atoms with Crippen molar-refractivity contribution in [1.82, 2.24) is 0 Å². The molecule has 1 N–H and O–H groups in total. The van der Waals surface area contributed by atoms with Crippen molar-refractivity contribution in [2.75, 3.05) is 6.61 Å². The summed E-state index contributed by atoms with van der Waals surface area (Å²) in [6, 6.07) is 0.